The largest absolute Gasteiger partial charge is 0.335 e. The summed E-state index contributed by atoms with van der Waals surface area (Å²) in [6, 6.07) is 3.55. The molecule has 2 aliphatic heterocycles. The zero-order valence-electron chi connectivity index (χ0n) is 11.5. The second kappa shape index (κ2) is 4.96. The molecule has 8 heteroatoms. The summed E-state index contributed by atoms with van der Waals surface area (Å²) < 4.78 is 0. The van der Waals surface area contributed by atoms with Crippen molar-refractivity contribution in [3.05, 3.63) is 22.5 Å². The van der Waals surface area contributed by atoms with Crippen molar-refractivity contribution < 1.29 is 0 Å². The molecule has 3 N–H and O–H groups in total. The van der Waals surface area contributed by atoms with Crippen LogP contribution in [0.3, 0.4) is 0 Å². The number of hydrogen-bond acceptors (Lipinski definition) is 6. The van der Waals surface area contributed by atoms with Crippen molar-refractivity contribution in [3.8, 4) is 11.5 Å². The van der Waals surface area contributed by atoms with Crippen LogP contribution >= 0.6 is 0 Å². The standard InChI is InChI=1S/C13H17N7O/c21-11-4-3-9(16-17-11)12-15-13(19-18-12)20-5-1-2-8-6-14-7-10(8)20/h3-4,8,10,14H,1-2,5-7H2,(H,17,21)(H,15,18,19). The van der Waals surface area contributed by atoms with E-state index < -0.39 is 0 Å². The molecule has 0 radical (unpaired) electrons. The van der Waals surface area contributed by atoms with Crippen LogP contribution in [0.25, 0.3) is 11.5 Å². The number of hydrogen-bond donors (Lipinski definition) is 3. The minimum Gasteiger partial charge on any atom is -0.335 e. The van der Waals surface area contributed by atoms with Crippen LogP contribution in [0.5, 0.6) is 0 Å². The highest BCUT2D eigenvalue weighted by Gasteiger charge is 2.36. The van der Waals surface area contributed by atoms with Gasteiger partial charge >= 0.3 is 0 Å². The van der Waals surface area contributed by atoms with Crippen LogP contribution in [0.15, 0.2) is 16.9 Å². The summed E-state index contributed by atoms with van der Waals surface area (Å²) in [5, 5.41) is 17.1. The fourth-order valence-electron chi connectivity index (χ4n) is 3.29. The number of nitrogens with zero attached hydrogens (tertiary/aromatic N) is 4. The number of nitrogens with one attached hydrogen (secondary N) is 3. The van der Waals surface area contributed by atoms with Crippen LogP contribution < -0.4 is 15.8 Å². The molecule has 2 aromatic heterocycles. The number of H-pyrrole nitrogens is 2. The molecule has 2 unspecified atom stereocenters. The lowest BCUT2D eigenvalue weighted by Crippen LogP contribution is -2.45. The van der Waals surface area contributed by atoms with Crippen LogP contribution in [0.2, 0.25) is 0 Å². The number of anilines is 1. The number of fused-ring (bicyclic) bond motifs is 1. The van der Waals surface area contributed by atoms with Gasteiger partial charge in [-0.25, -0.2) is 5.10 Å². The van der Waals surface area contributed by atoms with E-state index in [1.165, 1.54) is 18.9 Å². The predicted molar refractivity (Wildman–Crippen MR) is 77.0 cm³/mol. The lowest BCUT2D eigenvalue weighted by molar-refractivity contribution is 0.381. The maximum atomic E-state index is 11.1. The van der Waals surface area contributed by atoms with Gasteiger partial charge in [0.05, 0.1) is 0 Å². The average Bonchev–Trinajstić information content (AvgIpc) is 3.16. The van der Waals surface area contributed by atoms with E-state index in [0.717, 1.165) is 25.6 Å². The third-order valence-corrected chi connectivity index (χ3v) is 4.33. The first-order chi connectivity index (χ1) is 10.3. The summed E-state index contributed by atoms with van der Waals surface area (Å²) in [5.41, 5.74) is 0.362. The maximum absolute atomic E-state index is 11.1. The highest BCUT2D eigenvalue weighted by molar-refractivity contribution is 5.50. The quantitative estimate of drug-likeness (QED) is 0.703. The highest BCUT2D eigenvalue weighted by Crippen LogP contribution is 2.29. The zero-order chi connectivity index (χ0) is 14.2. The first kappa shape index (κ1) is 12.5. The zero-order valence-corrected chi connectivity index (χ0v) is 11.5. The molecular weight excluding hydrogens is 270 g/mol. The average molecular weight is 287 g/mol. The SMILES string of the molecule is O=c1ccc(-c2nc(N3CCCC4CNCC43)n[nH]2)n[nH]1. The molecule has 0 amide bonds. The third-order valence-electron chi connectivity index (χ3n) is 4.33. The lowest BCUT2D eigenvalue weighted by Gasteiger charge is -2.36. The molecule has 110 valence electrons. The minimum absolute atomic E-state index is 0.227. The Hall–Kier alpha value is -2.22. The van der Waals surface area contributed by atoms with Crippen molar-refractivity contribution in [2.24, 2.45) is 5.92 Å². The predicted octanol–water partition coefficient (Wildman–Crippen LogP) is -0.257. The number of piperidine rings is 1. The molecule has 2 aliphatic rings. The molecule has 0 aromatic carbocycles. The Bertz CT molecular complexity index is 673. The van der Waals surface area contributed by atoms with Gasteiger partial charge in [0.2, 0.25) is 5.95 Å². The molecule has 8 nitrogen and oxygen atoms in total. The van der Waals surface area contributed by atoms with Crippen molar-refractivity contribution in [1.29, 1.82) is 0 Å². The number of rotatable bonds is 2. The van der Waals surface area contributed by atoms with E-state index in [9.17, 15) is 4.79 Å². The molecular formula is C13H17N7O. The first-order valence-corrected chi connectivity index (χ1v) is 7.27. The Labute approximate surface area is 121 Å². The Kier molecular flexibility index (Phi) is 2.95. The van der Waals surface area contributed by atoms with Crippen molar-refractivity contribution in [3.63, 3.8) is 0 Å². The van der Waals surface area contributed by atoms with E-state index in [1.54, 1.807) is 6.07 Å². The molecule has 0 bridgehead atoms. The third kappa shape index (κ3) is 2.21. The molecule has 21 heavy (non-hydrogen) atoms. The molecule has 2 atom stereocenters. The second-order valence-electron chi connectivity index (χ2n) is 5.61. The van der Waals surface area contributed by atoms with Gasteiger partial charge in [-0.15, -0.1) is 5.10 Å². The van der Waals surface area contributed by atoms with Gasteiger partial charge in [-0.05, 0) is 24.8 Å². The van der Waals surface area contributed by atoms with Gasteiger partial charge in [-0.3, -0.25) is 9.89 Å². The summed E-state index contributed by atoms with van der Waals surface area (Å²) in [6.45, 7) is 3.06. The molecule has 4 heterocycles. The van der Waals surface area contributed by atoms with Crippen LogP contribution in [0, 0.1) is 5.92 Å². The summed E-state index contributed by atoms with van der Waals surface area (Å²) >= 11 is 0. The lowest BCUT2D eigenvalue weighted by atomic mass is 9.92. The summed E-state index contributed by atoms with van der Waals surface area (Å²) in [4.78, 5) is 17.9. The van der Waals surface area contributed by atoms with Gasteiger partial charge in [-0.1, -0.05) is 0 Å². The van der Waals surface area contributed by atoms with Crippen molar-refractivity contribution in [2.75, 3.05) is 24.5 Å². The fraction of sp³-hybridized carbons (Fsp3) is 0.538. The Morgan fingerprint density at radius 1 is 1.19 bits per heavy atom. The molecule has 0 spiro atoms. The normalized spacial score (nSPS) is 25.0. The molecule has 2 saturated heterocycles. The second-order valence-corrected chi connectivity index (χ2v) is 5.61. The summed E-state index contributed by atoms with van der Waals surface area (Å²) in [6.07, 6.45) is 2.44. The van der Waals surface area contributed by atoms with E-state index in [2.05, 4.69) is 35.6 Å². The van der Waals surface area contributed by atoms with E-state index in [-0.39, 0.29) is 5.56 Å². The van der Waals surface area contributed by atoms with E-state index in [0.29, 0.717) is 23.5 Å². The first-order valence-electron chi connectivity index (χ1n) is 7.27. The topological polar surface area (TPSA) is 103 Å². The van der Waals surface area contributed by atoms with Gasteiger partial charge in [-0.2, -0.15) is 10.1 Å². The molecule has 2 aromatic rings. The van der Waals surface area contributed by atoms with Crippen molar-refractivity contribution in [1.82, 2.24) is 30.7 Å². The van der Waals surface area contributed by atoms with Gasteiger partial charge < -0.3 is 10.2 Å². The van der Waals surface area contributed by atoms with Gasteiger partial charge in [0.25, 0.3) is 5.56 Å². The Morgan fingerprint density at radius 3 is 3.00 bits per heavy atom. The smallest absolute Gasteiger partial charge is 0.264 e. The van der Waals surface area contributed by atoms with Gasteiger partial charge in [0.15, 0.2) is 5.82 Å². The van der Waals surface area contributed by atoms with E-state index in [4.69, 9.17) is 0 Å². The van der Waals surface area contributed by atoms with Crippen LogP contribution in [-0.4, -0.2) is 51.1 Å². The van der Waals surface area contributed by atoms with Gasteiger partial charge in [0.1, 0.15) is 5.69 Å². The van der Waals surface area contributed by atoms with E-state index >= 15 is 0 Å². The monoisotopic (exact) mass is 287 g/mol. The maximum Gasteiger partial charge on any atom is 0.264 e. The molecule has 0 aliphatic carbocycles. The van der Waals surface area contributed by atoms with Crippen LogP contribution in [0.1, 0.15) is 12.8 Å². The van der Waals surface area contributed by atoms with Gasteiger partial charge in [0, 0.05) is 31.7 Å². The molecule has 0 saturated carbocycles. The molecule has 4 rings (SSSR count). The van der Waals surface area contributed by atoms with Crippen LogP contribution in [-0.2, 0) is 0 Å². The minimum atomic E-state index is -0.227. The highest BCUT2D eigenvalue weighted by atomic mass is 16.1. The van der Waals surface area contributed by atoms with Crippen LogP contribution in [0.4, 0.5) is 5.95 Å². The fourth-order valence-corrected chi connectivity index (χ4v) is 3.29. The van der Waals surface area contributed by atoms with E-state index in [1.807, 2.05) is 0 Å². The molecule has 2 fully saturated rings. The number of aromatic nitrogens is 5. The number of aromatic amines is 2. The summed E-state index contributed by atoms with van der Waals surface area (Å²) in [7, 11) is 0. The van der Waals surface area contributed by atoms with Crippen molar-refractivity contribution >= 4 is 5.95 Å². The Balaban J connectivity index is 1.61. The van der Waals surface area contributed by atoms with Crippen molar-refractivity contribution in [2.45, 2.75) is 18.9 Å². The summed E-state index contributed by atoms with van der Waals surface area (Å²) in [5.74, 6) is 1.98. The Morgan fingerprint density at radius 2 is 2.14 bits per heavy atom.